The van der Waals surface area contributed by atoms with Crippen molar-refractivity contribution in [2.24, 2.45) is 0 Å². The van der Waals surface area contributed by atoms with E-state index in [-0.39, 0.29) is 24.7 Å². The van der Waals surface area contributed by atoms with Gasteiger partial charge < -0.3 is 14.7 Å². The number of aryl methyl sites for hydroxylation is 1. The third-order valence-corrected chi connectivity index (χ3v) is 4.38. The quantitative estimate of drug-likeness (QED) is 0.593. The number of amides is 1. The molecule has 0 radical (unpaired) electrons. The predicted molar refractivity (Wildman–Crippen MR) is 123 cm³/mol. The van der Waals surface area contributed by atoms with Crippen molar-refractivity contribution in [2.75, 3.05) is 19.7 Å². The number of carbonyl (C=O) groups excluding carboxylic acids is 1. The van der Waals surface area contributed by atoms with E-state index in [4.69, 9.17) is 9.84 Å². The van der Waals surface area contributed by atoms with Gasteiger partial charge in [0.25, 0.3) is 5.91 Å². The van der Waals surface area contributed by atoms with E-state index in [2.05, 4.69) is 0 Å². The number of nitrogens with zero attached hydrogens (tertiary/aromatic N) is 1. The van der Waals surface area contributed by atoms with Crippen molar-refractivity contribution < 1.29 is 27.8 Å². The summed E-state index contributed by atoms with van der Waals surface area (Å²) in [5, 5.41) is 8.89. The zero-order chi connectivity index (χ0) is 24.6. The molecule has 0 unspecified atom stereocenters. The zero-order valence-electron chi connectivity index (χ0n) is 19.7. The van der Waals surface area contributed by atoms with Gasteiger partial charge in [-0.1, -0.05) is 58.0 Å². The molecule has 2 aromatic rings. The van der Waals surface area contributed by atoms with Crippen molar-refractivity contribution in [3.8, 4) is 5.75 Å². The Bertz CT molecular complexity index is 756. The van der Waals surface area contributed by atoms with Crippen molar-refractivity contribution in [3.05, 3.63) is 65.2 Å². The van der Waals surface area contributed by atoms with Crippen LogP contribution in [-0.2, 0) is 17.6 Å². The number of hydrogen-bond acceptors (Lipinski definition) is 3. The van der Waals surface area contributed by atoms with Crippen LogP contribution in [0.3, 0.4) is 0 Å². The Hall–Kier alpha value is -2.54. The molecule has 0 spiro atoms. The van der Waals surface area contributed by atoms with Crippen LogP contribution in [0.25, 0.3) is 0 Å². The van der Waals surface area contributed by atoms with Gasteiger partial charge in [-0.2, -0.15) is 13.2 Å². The summed E-state index contributed by atoms with van der Waals surface area (Å²) in [7, 11) is 0. The Balaban J connectivity index is 0.000000555. The summed E-state index contributed by atoms with van der Waals surface area (Å²) >= 11 is 0. The molecule has 3 rings (SSSR count). The van der Waals surface area contributed by atoms with E-state index in [1.165, 1.54) is 19.1 Å². The molecule has 0 aromatic heterocycles. The molecule has 7 heteroatoms. The molecule has 1 saturated heterocycles. The van der Waals surface area contributed by atoms with Crippen molar-refractivity contribution in [3.63, 3.8) is 0 Å². The molecule has 0 bridgehead atoms. The van der Waals surface area contributed by atoms with Crippen LogP contribution < -0.4 is 4.74 Å². The van der Waals surface area contributed by atoms with E-state index in [1.54, 1.807) is 30.3 Å². The van der Waals surface area contributed by atoms with Crippen molar-refractivity contribution in [1.29, 1.82) is 0 Å². The maximum Gasteiger partial charge on any atom is 0.416 e. The summed E-state index contributed by atoms with van der Waals surface area (Å²) < 4.78 is 41.6. The van der Waals surface area contributed by atoms with Crippen LogP contribution in [0.5, 0.6) is 5.75 Å². The van der Waals surface area contributed by atoms with Gasteiger partial charge in [-0.15, -0.1) is 0 Å². The SMILES string of the molecule is CC.CC.Cc1ccccc1C(F)(F)F.O=C(COc1ccc(CO)cc1)N1CCCC1. The summed E-state index contributed by atoms with van der Waals surface area (Å²) in [6.45, 7) is 11.3. The third-order valence-electron chi connectivity index (χ3n) is 4.38. The van der Waals surface area contributed by atoms with Gasteiger partial charge in [0.05, 0.1) is 12.2 Å². The van der Waals surface area contributed by atoms with E-state index in [1.807, 2.05) is 32.6 Å². The number of alkyl halides is 3. The second-order valence-electron chi connectivity index (χ2n) is 6.49. The van der Waals surface area contributed by atoms with E-state index in [0.717, 1.165) is 37.6 Å². The highest BCUT2D eigenvalue weighted by Crippen LogP contribution is 2.31. The standard InChI is InChI=1S/C13H17NO3.C8H7F3.2C2H6/c15-9-11-3-5-12(6-4-11)17-10-13(16)14-7-1-2-8-14;1-6-4-2-3-5-7(6)8(9,10)11;2*1-2/h3-6,15H,1-2,7-10H2;2-5H,1H3;2*1-2H3. The number of ether oxygens (including phenoxy) is 1. The molecular weight excluding hydrogens is 419 g/mol. The number of aliphatic hydroxyl groups excluding tert-OH is 1. The summed E-state index contributed by atoms with van der Waals surface area (Å²) in [6, 6.07) is 12.6. The molecular formula is C25H36F3NO3. The lowest BCUT2D eigenvalue weighted by atomic mass is 10.1. The molecule has 1 heterocycles. The van der Waals surface area contributed by atoms with Gasteiger partial charge in [0, 0.05) is 13.1 Å². The minimum Gasteiger partial charge on any atom is -0.484 e. The Kier molecular flexibility index (Phi) is 14.9. The minimum absolute atomic E-state index is 0.0208. The Labute approximate surface area is 190 Å². The van der Waals surface area contributed by atoms with E-state index < -0.39 is 11.7 Å². The summed E-state index contributed by atoms with van der Waals surface area (Å²) in [4.78, 5) is 13.5. The summed E-state index contributed by atoms with van der Waals surface area (Å²) in [5.74, 6) is 0.712. The highest BCUT2D eigenvalue weighted by atomic mass is 19.4. The molecule has 4 nitrogen and oxygen atoms in total. The van der Waals surface area contributed by atoms with Crippen LogP contribution in [-0.4, -0.2) is 35.6 Å². The Morgan fingerprint density at radius 2 is 1.50 bits per heavy atom. The van der Waals surface area contributed by atoms with Crippen molar-refractivity contribution >= 4 is 5.91 Å². The minimum atomic E-state index is -4.22. The largest absolute Gasteiger partial charge is 0.484 e. The van der Waals surface area contributed by atoms with Gasteiger partial charge in [-0.3, -0.25) is 4.79 Å². The van der Waals surface area contributed by atoms with Crippen molar-refractivity contribution in [2.45, 2.75) is 60.2 Å². The first kappa shape index (κ1) is 29.5. The Morgan fingerprint density at radius 1 is 0.969 bits per heavy atom. The molecule has 1 fully saturated rings. The molecule has 32 heavy (non-hydrogen) atoms. The smallest absolute Gasteiger partial charge is 0.416 e. The second kappa shape index (κ2) is 16.1. The molecule has 1 aliphatic rings. The van der Waals surface area contributed by atoms with Crippen LogP contribution in [0.2, 0.25) is 0 Å². The van der Waals surface area contributed by atoms with Crippen LogP contribution in [0.15, 0.2) is 48.5 Å². The molecule has 0 aliphatic carbocycles. The number of halogens is 3. The average molecular weight is 456 g/mol. The number of benzene rings is 2. The molecule has 1 N–H and O–H groups in total. The van der Waals surface area contributed by atoms with E-state index >= 15 is 0 Å². The van der Waals surface area contributed by atoms with Crippen LogP contribution in [0, 0.1) is 6.92 Å². The molecule has 1 amide bonds. The highest BCUT2D eigenvalue weighted by molar-refractivity contribution is 5.78. The molecule has 180 valence electrons. The van der Waals surface area contributed by atoms with Gasteiger partial charge in [0.2, 0.25) is 0 Å². The zero-order valence-corrected chi connectivity index (χ0v) is 19.7. The van der Waals surface area contributed by atoms with Crippen molar-refractivity contribution in [1.82, 2.24) is 4.90 Å². The van der Waals surface area contributed by atoms with E-state index in [9.17, 15) is 18.0 Å². The van der Waals surface area contributed by atoms with Gasteiger partial charge in [-0.05, 0) is 49.1 Å². The lowest BCUT2D eigenvalue weighted by Crippen LogP contribution is -2.32. The first-order chi connectivity index (χ1) is 15.3. The number of carbonyl (C=O) groups is 1. The normalized spacial score (nSPS) is 12.3. The maximum atomic E-state index is 12.0. The van der Waals surface area contributed by atoms with Crippen LogP contribution >= 0.6 is 0 Å². The number of likely N-dealkylation sites (tertiary alicyclic amines) is 1. The third kappa shape index (κ3) is 10.7. The molecule has 0 saturated carbocycles. The predicted octanol–water partition coefficient (Wildman–Crippen LogP) is 6.25. The molecule has 2 aromatic carbocycles. The fourth-order valence-electron chi connectivity index (χ4n) is 2.78. The monoisotopic (exact) mass is 455 g/mol. The van der Waals surface area contributed by atoms with Gasteiger partial charge >= 0.3 is 6.18 Å². The second-order valence-corrected chi connectivity index (χ2v) is 6.49. The van der Waals surface area contributed by atoms with Gasteiger partial charge in [0.15, 0.2) is 6.61 Å². The fraction of sp³-hybridized carbons (Fsp3) is 0.480. The van der Waals surface area contributed by atoms with Crippen LogP contribution in [0.1, 0.15) is 57.2 Å². The fourth-order valence-corrected chi connectivity index (χ4v) is 2.78. The topological polar surface area (TPSA) is 49.8 Å². The van der Waals surface area contributed by atoms with Gasteiger partial charge in [0.1, 0.15) is 5.75 Å². The van der Waals surface area contributed by atoms with Crippen LogP contribution in [0.4, 0.5) is 13.2 Å². The van der Waals surface area contributed by atoms with Gasteiger partial charge in [-0.25, -0.2) is 0 Å². The number of aliphatic hydroxyl groups is 1. The first-order valence-corrected chi connectivity index (χ1v) is 11.0. The highest BCUT2D eigenvalue weighted by Gasteiger charge is 2.31. The maximum absolute atomic E-state index is 12.0. The lowest BCUT2D eigenvalue weighted by Gasteiger charge is -2.15. The number of rotatable bonds is 4. The lowest BCUT2D eigenvalue weighted by molar-refractivity contribution is -0.138. The van der Waals surface area contributed by atoms with E-state index in [0.29, 0.717) is 5.75 Å². The molecule has 0 atom stereocenters. The average Bonchev–Trinajstić information content (AvgIpc) is 3.36. The Morgan fingerprint density at radius 3 is 1.94 bits per heavy atom. The molecule has 1 aliphatic heterocycles. The number of hydrogen-bond donors (Lipinski definition) is 1. The first-order valence-electron chi connectivity index (χ1n) is 11.0. The summed E-state index contributed by atoms with van der Waals surface area (Å²) in [5.41, 5.74) is 0.545. The summed E-state index contributed by atoms with van der Waals surface area (Å²) in [6.07, 6.45) is -2.03.